The van der Waals surface area contributed by atoms with Crippen LogP contribution in [0.25, 0.3) is 11.5 Å². The topological polar surface area (TPSA) is 106 Å². The Morgan fingerprint density at radius 1 is 1.29 bits per heavy atom. The largest absolute Gasteiger partial charge is 0.442 e. The van der Waals surface area contributed by atoms with Gasteiger partial charge in [-0.3, -0.25) is 5.10 Å². The minimum atomic E-state index is -4.60. The molecule has 0 fully saturated rings. The molecule has 3 aromatic rings. The molecule has 0 saturated heterocycles. The van der Waals surface area contributed by atoms with Crippen molar-refractivity contribution >= 4 is 10.0 Å². The molecule has 0 aliphatic rings. The van der Waals surface area contributed by atoms with E-state index in [4.69, 9.17) is 4.42 Å². The van der Waals surface area contributed by atoms with Gasteiger partial charge < -0.3 is 8.98 Å². The molecular weight excluding hydrogens is 399 g/mol. The van der Waals surface area contributed by atoms with E-state index in [-0.39, 0.29) is 17.4 Å². The molecule has 28 heavy (non-hydrogen) atoms. The molecule has 0 amide bonds. The summed E-state index contributed by atoms with van der Waals surface area (Å²) in [6.07, 6.45) is -1.35. The zero-order chi connectivity index (χ0) is 20.7. The smallest absolute Gasteiger partial charge is 0.432 e. The van der Waals surface area contributed by atoms with Gasteiger partial charge in [0.05, 0.1) is 6.04 Å². The molecule has 152 valence electrons. The first kappa shape index (κ1) is 20.1. The standard InChI is InChI=1S/C16H18F3N5O3S/c1-9(2)14(15-20-6-7-24(15)3)23-28(25,26)13-5-4-11(27-13)10-8-12(22-21-10)16(17,18)19/h4-9,14,23H,1-3H3,(H,21,22). The first-order valence-electron chi connectivity index (χ1n) is 8.21. The molecule has 1 atom stereocenters. The van der Waals surface area contributed by atoms with Crippen molar-refractivity contribution in [3.05, 3.63) is 42.1 Å². The van der Waals surface area contributed by atoms with E-state index in [2.05, 4.69) is 14.8 Å². The van der Waals surface area contributed by atoms with Gasteiger partial charge in [0, 0.05) is 19.4 Å². The van der Waals surface area contributed by atoms with Crippen LogP contribution in [0.3, 0.4) is 0 Å². The predicted molar refractivity (Wildman–Crippen MR) is 92.4 cm³/mol. The van der Waals surface area contributed by atoms with Gasteiger partial charge in [-0.05, 0) is 24.1 Å². The number of hydrogen-bond donors (Lipinski definition) is 2. The Balaban J connectivity index is 1.87. The summed E-state index contributed by atoms with van der Waals surface area (Å²) in [7, 11) is -2.34. The number of rotatable bonds is 6. The highest BCUT2D eigenvalue weighted by molar-refractivity contribution is 7.89. The molecule has 0 saturated carbocycles. The van der Waals surface area contributed by atoms with E-state index in [1.165, 1.54) is 6.07 Å². The van der Waals surface area contributed by atoms with E-state index in [0.29, 0.717) is 5.82 Å². The fourth-order valence-corrected chi connectivity index (χ4v) is 3.86. The van der Waals surface area contributed by atoms with Gasteiger partial charge in [0.25, 0.3) is 10.0 Å². The summed E-state index contributed by atoms with van der Waals surface area (Å²) in [4.78, 5) is 4.18. The van der Waals surface area contributed by atoms with Crippen molar-refractivity contribution in [3.63, 3.8) is 0 Å². The lowest BCUT2D eigenvalue weighted by molar-refractivity contribution is -0.141. The monoisotopic (exact) mass is 417 g/mol. The lowest BCUT2D eigenvalue weighted by atomic mass is 10.1. The van der Waals surface area contributed by atoms with Crippen LogP contribution in [0.5, 0.6) is 0 Å². The second-order valence-electron chi connectivity index (χ2n) is 6.52. The number of halogens is 3. The molecule has 3 heterocycles. The molecule has 0 spiro atoms. The van der Waals surface area contributed by atoms with Gasteiger partial charge in [0.2, 0.25) is 5.09 Å². The number of aromatic nitrogens is 4. The summed E-state index contributed by atoms with van der Waals surface area (Å²) in [6.45, 7) is 3.66. The number of imidazole rings is 1. The Labute approximate surface area is 158 Å². The SMILES string of the molecule is CC(C)C(NS(=O)(=O)c1ccc(-c2cc(C(F)(F)F)[nH]n2)o1)c1nccn1C. The van der Waals surface area contributed by atoms with Crippen molar-refractivity contribution in [3.8, 4) is 11.5 Å². The third-order valence-corrected chi connectivity index (χ3v) is 5.38. The maximum Gasteiger partial charge on any atom is 0.432 e. The van der Waals surface area contributed by atoms with Crippen LogP contribution in [0.2, 0.25) is 0 Å². The zero-order valence-corrected chi connectivity index (χ0v) is 16.0. The molecule has 0 aromatic carbocycles. The van der Waals surface area contributed by atoms with Gasteiger partial charge in [-0.2, -0.15) is 23.0 Å². The molecule has 8 nitrogen and oxygen atoms in total. The van der Waals surface area contributed by atoms with Crippen molar-refractivity contribution in [2.45, 2.75) is 31.2 Å². The van der Waals surface area contributed by atoms with Crippen LogP contribution in [0.4, 0.5) is 13.2 Å². The van der Waals surface area contributed by atoms with Crippen molar-refractivity contribution in [1.29, 1.82) is 0 Å². The van der Waals surface area contributed by atoms with Crippen molar-refractivity contribution in [1.82, 2.24) is 24.5 Å². The van der Waals surface area contributed by atoms with Crippen molar-refractivity contribution < 1.29 is 26.0 Å². The Morgan fingerprint density at radius 2 is 2.00 bits per heavy atom. The van der Waals surface area contributed by atoms with Crippen molar-refractivity contribution in [2.24, 2.45) is 13.0 Å². The highest BCUT2D eigenvalue weighted by Gasteiger charge is 2.34. The van der Waals surface area contributed by atoms with Gasteiger partial charge >= 0.3 is 6.18 Å². The fourth-order valence-electron chi connectivity index (χ4n) is 2.58. The first-order chi connectivity index (χ1) is 13.0. The number of alkyl halides is 3. The van der Waals surface area contributed by atoms with Crippen LogP contribution in [0.1, 0.15) is 31.4 Å². The molecule has 0 aliphatic carbocycles. The van der Waals surface area contributed by atoms with Gasteiger partial charge in [0.15, 0.2) is 5.76 Å². The number of H-pyrrole nitrogens is 1. The lowest BCUT2D eigenvalue weighted by Gasteiger charge is -2.21. The number of sulfonamides is 1. The quantitative estimate of drug-likeness (QED) is 0.641. The van der Waals surface area contributed by atoms with E-state index in [0.717, 1.165) is 12.1 Å². The van der Waals surface area contributed by atoms with Crippen LogP contribution in [-0.4, -0.2) is 28.2 Å². The predicted octanol–water partition coefficient (Wildman–Crippen LogP) is 3.10. The highest BCUT2D eigenvalue weighted by atomic mass is 32.2. The van der Waals surface area contributed by atoms with Crippen LogP contribution in [0.15, 0.2) is 40.1 Å². The normalized spacial score (nSPS) is 14.0. The summed E-state index contributed by atoms with van der Waals surface area (Å²) in [5.74, 6) is 0.295. The average Bonchev–Trinajstić information content (AvgIpc) is 3.31. The summed E-state index contributed by atoms with van der Waals surface area (Å²) in [5, 5.41) is 4.94. The van der Waals surface area contributed by atoms with E-state index in [1.54, 1.807) is 24.0 Å². The number of hydrogen-bond acceptors (Lipinski definition) is 5. The number of nitrogens with one attached hydrogen (secondary N) is 2. The number of aryl methyl sites for hydroxylation is 1. The maximum atomic E-state index is 12.7. The Bertz CT molecular complexity index is 1070. The molecule has 1 unspecified atom stereocenters. The van der Waals surface area contributed by atoms with Gasteiger partial charge in [0.1, 0.15) is 17.2 Å². The zero-order valence-electron chi connectivity index (χ0n) is 15.1. The first-order valence-corrected chi connectivity index (χ1v) is 9.69. The fraction of sp³-hybridized carbons (Fsp3) is 0.375. The summed E-state index contributed by atoms with van der Waals surface area (Å²) in [6, 6.07) is 2.53. The van der Waals surface area contributed by atoms with E-state index >= 15 is 0 Å². The minimum absolute atomic E-state index is 0.106. The second kappa shape index (κ2) is 7.09. The minimum Gasteiger partial charge on any atom is -0.442 e. The van der Waals surface area contributed by atoms with Gasteiger partial charge in [-0.15, -0.1) is 0 Å². The Hall–Kier alpha value is -2.60. The average molecular weight is 417 g/mol. The van der Waals surface area contributed by atoms with E-state index < -0.39 is 33.0 Å². The van der Waals surface area contributed by atoms with Crippen LogP contribution < -0.4 is 4.72 Å². The Kier molecular flexibility index (Phi) is 5.10. The van der Waals surface area contributed by atoms with E-state index in [9.17, 15) is 21.6 Å². The summed E-state index contributed by atoms with van der Waals surface area (Å²) in [5.41, 5.74) is -1.21. The lowest BCUT2D eigenvalue weighted by Crippen LogP contribution is -2.33. The Morgan fingerprint density at radius 3 is 2.54 bits per heavy atom. The maximum absolute atomic E-state index is 12.7. The molecule has 12 heteroatoms. The van der Waals surface area contributed by atoms with Crippen molar-refractivity contribution in [2.75, 3.05) is 0 Å². The molecule has 2 N–H and O–H groups in total. The number of furan rings is 1. The van der Waals surface area contributed by atoms with E-state index in [1.807, 2.05) is 18.9 Å². The molecule has 3 rings (SSSR count). The number of aromatic amines is 1. The summed E-state index contributed by atoms with van der Waals surface area (Å²) >= 11 is 0. The third kappa shape index (κ3) is 3.97. The second-order valence-corrected chi connectivity index (χ2v) is 8.17. The highest BCUT2D eigenvalue weighted by Crippen LogP contribution is 2.31. The summed E-state index contributed by atoms with van der Waals surface area (Å²) < 4.78 is 73.0. The van der Waals surface area contributed by atoms with Gasteiger partial charge in [-0.1, -0.05) is 13.8 Å². The molecule has 0 radical (unpaired) electrons. The van der Waals surface area contributed by atoms with Crippen LogP contribution in [-0.2, 0) is 23.2 Å². The van der Waals surface area contributed by atoms with Crippen LogP contribution >= 0.6 is 0 Å². The number of nitrogens with zero attached hydrogens (tertiary/aromatic N) is 3. The molecule has 0 bridgehead atoms. The van der Waals surface area contributed by atoms with Crippen LogP contribution in [0, 0.1) is 5.92 Å². The molecular formula is C16H18F3N5O3S. The molecule has 0 aliphatic heterocycles. The van der Waals surface area contributed by atoms with Gasteiger partial charge in [-0.25, -0.2) is 13.4 Å². The third-order valence-electron chi connectivity index (χ3n) is 4.07. The molecule has 3 aromatic heterocycles.